The molecule has 9 nitrogen and oxygen atoms in total. The van der Waals surface area contributed by atoms with E-state index in [0.717, 1.165) is 27.9 Å². The normalized spacial score (nSPS) is 11.5. The molecule has 0 fully saturated rings. The Morgan fingerprint density at radius 2 is 2.03 bits per heavy atom. The van der Waals surface area contributed by atoms with Crippen molar-refractivity contribution in [1.82, 2.24) is 19.1 Å². The molecule has 0 aliphatic rings. The van der Waals surface area contributed by atoms with Gasteiger partial charge in [0.2, 0.25) is 0 Å². The average molecular weight is 436 g/mol. The Morgan fingerprint density at radius 1 is 1.31 bits per heavy atom. The second-order valence-electron chi connectivity index (χ2n) is 6.88. The van der Waals surface area contributed by atoms with Crippen molar-refractivity contribution in [3.8, 4) is 0 Å². The lowest BCUT2D eigenvalue weighted by Gasteiger charge is -2.15. The Labute approximate surface area is 174 Å². The number of aromatic nitrogens is 4. The summed E-state index contributed by atoms with van der Waals surface area (Å²) in [6, 6.07) is 1.52. The summed E-state index contributed by atoms with van der Waals surface area (Å²) in [5.41, 5.74) is 0.286. The SMILES string of the molecule is CCCn1c(=O)n(C)c(=O)c2c(SCc3csc([N+](=O)[O-])c3)nc(C(C)C)nc21. The van der Waals surface area contributed by atoms with Crippen molar-refractivity contribution in [2.75, 3.05) is 0 Å². The molecule has 0 bridgehead atoms. The smallest absolute Gasteiger partial charge is 0.277 e. The van der Waals surface area contributed by atoms with Crippen molar-refractivity contribution in [3.05, 3.63) is 53.8 Å². The lowest BCUT2D eigenvalue weighted by molar-refractivity contribution is -0.380. The minimum atomic E-state index is -0.438. The highest BCUT2D eigenvalue weighted by Gasteiger charge is 2.20. The first-order valence-electron chi connectivity index (χ1n) is 9.10. The zero-order valence-electron chi connectivity index (χ0n) is 16.5. The fraction of sp³-hybridized carbons (Fsp3) is 0.444. The number of thioether (sulfide) groups is 1. The van der Waals surface area contributed by atoms with Crippen LogP contribution in [-0.4, -0.2) is 24.0 Å². The first-order valence-corrected chi connectivity index (χ1v) is 11.0. The predicted molar refractivity (Wildman–Crippen MR) is 114 cm³/mol. The van der Waals surface area contributed by atoms with Gasteiger partial charge in [-0.2, -0.15) is 0 Å². The van der Waals surface area contributed by atoms with Gasteiger partial charge in [0, 0.05) is 36.7 Å². The lowest BCUT2D eigenvalue weighted by atomic mass is 10.2. The van der Waals surface area contributed by atoms with Gasteiger partial charge in [-0.3, -0.25) is 24.0 Å². The van der Waals surface area contributed by atoms with Crippen molar-refractivity contribution < 1.29 is 4.92 Å². The van der Waals surface area contributed by atoms with E-state index < -0.39 is 16.2 Å². The maximum atomic E-state index is 12.9. The summed E-state index contributed by atoms with van der Waals surface area (Å²) < 4.78 is 2.60. The van der Waals surface area contributed by atoms with Crippen LogP contribution in [0.3, 0.4) is 0 Å². The highest BCUT2D eigenvalue weighted by molar-refractivity contribution is 7.98. The number of nitro groups is 1. The third-order valence-corrected chi connectivity index (χ3v) is 6.30. The van der Waals surface area contributed by atoms with Gasteiger partial charge in [0.1, 0.15) is 16.2 Å². The van der Waals surface area contributed by atoms with Gasteiger partial charge in [0.25, 0.3) is 5.56 Å². The largest absolute Gasteiger partial charge is 0.332 e. The Kier molecular flexibility index (Phi) is 6.18. The van der Waals surface area contributed by atoms with E-state index in [1.54, 1.807) is 5.38 Å². The summed E-state index contributed by atoms with van der Waals surface area (Å²) in [5.74, 6) is 0.980. The molecule has 0 spiro atoms. The van der Waals surface area contributed by atoms with E-state index >= 15 is 0 Å². The molecule has 3 rings (SSSR count). The number of aryl methyl sites for hydroxylation is 1. The van der Waals surface area contributed by atoms with Gasteiger partial charge in [-0.15, -0.1) is 11.8 Å². The van der Waals surface area contributed by atoms with E-state index in [-0.39, 0.29) is 10.9 Å². The van der Waals surface area contributed by atoms with Crippen molar-refractivity contribution in [1.29, 1.82) is 0 Å². The predicted octanol–water partition coefficient (Wildman–Crippen LogP) is 3.29. The standard InChI is InChI=1S/C18H21N5O4S2/c1-5-6-22-15-13(17(24)21(4)18(22)25)16(20-14(19-15)10(2)3)29-9-11-7-12(23(26)27)28-8-11/h7-8,10H,5-6,9H2,1-4H3. The van der Waals surface area contributed by atoms with Crippen molar-refractivity contribution >= 4 is 39.1 Å². The van der Waals surface area contributed by atoms with Crippen LogP contribution in [-0.2, 0) is 19.3 Å². The molecule has 3 aromatic heterocycles. The van der Waals surface area contributed by atoms with E-state index in [4.69, 9.17) is 0 Å². The highest BCUT2D eigenvalue weighted by Crippen LogP contribution is 2.31. The number of fused-ring (bicyclic) bond motifs is 1. The molecule has 0 radical (unpaired) electrons. The van der Waals surface area contributed by atoms with Gasteiger partial charge < -0.3 is 0 Å². The Morgan fingerprint density at radius 3 is 2.62 bits per heavy atom. The Bertz CT molecular complexity index is 1200. The zero-order chi connectivity index (χ0) is 21.3. The number of thiophene rings is 1. The molecule has 3 heterocycles. The third kappa shape index (κ3) is 4.10. The monoisotopic (exact) mass is 435 g/mol. The van der Waals surface area contributed by atoms with Crippen LogP contribution in [0, 0.1) is 10.1 Å². The third-order valence-electron chi connectivity index (χ3n) is 4.33. The molecule has 0 N–H and O–H groups in total. The molecule has 0 amide bonds. The van der Waals surface area contributed by atoms with Crippen molar-refractivity contribution in [2.45, 2.75) is 50.4 Å². The molecule has 0 saturated carbocycles. The van der Waals surface area contributed by atoms with E-state index in [0.29, 0.717) is 34.2 Å². The van der Waals surface area contributed by atoms with Gasteiger partial charge in [-0.05, 0) is 12.0 Å². The molecular weight excluding hydrogens is 414 g/mol. The van der Waals surface area contributed by atoms with Crippen LogP contribution in [0.5, 0.6) is 0 Å². The topological polar surface area (TPSA) is 113 Å². The van der Waals surface area contributed by atoms with E-state index in [1.165, 1.54) is 29.4 Å². The van der Waals surface area contributed by atoms with Crippen molar-refractivity contribution in [3.63, 3.8) is 0 Å². The highest BCUT2D eigenvalue weighted by atomic mass is 32.2. The second kappa shape index (κ2) is 8.46. The summed E-state index contributed by atoms with van der Waals surface area (Å²) in [6.45, 7) is 6.29. The maximum Gasteiger partial charge on any atom is 0.332 e. The van der Waals surface area contributed by atoms with Gasteiger partial charge in [-0.25, -0.2) is 14.8 Å². The molecule has 0 saturated heterocycles. The molecule has 0 unspecified atom stereocenters. The average Bonchev–Trinajstić information content (AvgIpc) is 3.16. The lowest BCUT2D eigenvalue weighted by Crippen LogP contribution is -2.39. The summed E-state index contributed by atoms with van der Waals surface area (Å²) >= 11 is 2.38. The zero-order valence-corrected chi connectivity index (χ0v) is 18.2. The maximum absolute atomic E-state index is 12.9. The van der Waals surface area contributed by atoms with Crippen LogP contribution in [0.4, 0.5) is 5.00 Å². The van der Waals surface area contributed by atoms with Gasteiger partial charge in [0.05, 0.1) is 4.92 Å². The molecular formula is C18H21N5O4S2. The molecule has 154 valence electrons. The number of hydrogen-bond acceptors (Lipinski definition) is 8. The second-order valence-corrected chi connectivity index (χ2v) is 8.73. The van der Waals surface area contributed by atoms with Crippen LogP contribution in [0.2, 0.25) is 0 Å². The quantitative estimate of drug-likeness (QED) is 0.242. The molecule has 11 heteroatoms. The first-order chi connectivity index (χ1) is 13.7. The molecule has 0 aromatic carbocycles. The number of nitrogens with zero attached hydrogens (tertiary/aromatic N) is 5. The van der Waals surface area contributed by atoms with Gasteiger partial charge in [0.15, 0.2) is 5.65 Å². The number of rotatable bonds is 7. The summed E-state index contributed by atoms with van der Waals surface area (Å²) in [5, 5.41) is 13.5. The number of hydrogen-bond donors (Lipinski definition) is 0. The molecule has 0 aliphatic heterocycles. The van der Waals surface area contributed by atoms with Crippen LogP contribution >= 0.6 is 23.1 Å². The van der Waals surface area contributed by atoms with Crippen LogP contribution in [0.25, 0.3) is 11.0 Å². The molecule has 29 heavy (non-hydrogen) atoms. The van der Waals surface area contributed by atoms with Crippen molar-refractivity contribution in [2.24, 2.45) is 7.05 Å². The Balaban J connectivity index is 2.17. The Hall–Kier alpha value is -2.53. The minimum absolute atomic E-state index is 0.00946. The molecule has 0 aliphatic carbocycles. The van der Waals surface area contributed by atoms with Crippen LogP contribution in [0.1, 0.15) is 44.5 Å². The summed E-state index contributed by atoms with van der Waals surface area (Å²) in [7, 11) is 1.45. The fourth-order valence-corrected chi connectivity index (χ4v) is 4.61. The summed E-state index contributed by atoms with van der Waals surface area (Å²) in [4.78, 5) is 45.1. The van der Waals surface area contributed by atoms with Gasteiger partial charge >= 0.3 is 10.7 Å². The van der Waals surface area contributed by atoms with E-state index in [1.807, 2.05) is 20.8 Å². The molecule has 0 atom stereocenters. The minimum Gasteiger partial charge on any atom is -0.277 e. The van der Waals surface area contributed by atoms with E-state index in [9.17, 15) is 19.7 Å². The van der Waals surface area contributed by atoms with Crippen LogP contribution in [0.15, 0.2) is 26.1 Å². The molecule has 3 aromatic rings. The van der Waals surface area contributed by atoms with Gasteiger partial charge in [-0.1, -0.05) is 32.1 Å². The first kappa shape index (κ1) is 21.2. The summed E-state index contributed by atoms with van der Waals surface area (Å²) in [6.07, 6.45) is 0.718. The fourth-order valence-electron chi connectivity index (χ4n) is 2.83. The van der Waals surface area contributed by atoms with Crippen LogP contribution < -0.4 is 11.2 Å². The van der Waals surface area contributed by atoms with E-state index in [2.05, 4.69) is 9.97 Å².